The Morgan fingerprint density at radius 2 is 1.81 bits per heavy atom. The summed E-state index contributed by atoms with van der Waals surface area (Å²) in [5.41, 5.74) is -0.535. The van der Waals surface area contributed by atoms with E-state index in [1.165, 1.54) is 25.7 Å². The minimum Gasteiger partial charge on any atom is -0.480 e. The maximum atomic E-state index is 11.7. The molecule has 0 aromatic rings. The van der Waals surface area contributed by atoms with Gasteiger partial charge in [0.2, 0.25) is 0 Å². The Bertz CT molecular complexity index is 253. The third kappa shape index (κ3) is 2.10. The van der Waals surface area contributed by atoms with Gasteiger partial charge >= 0.3 is 5.97 Å². The van der Waals surface area contributed by atoms with E-state index in [2.05, 4.69) is 11.8 Å². The van der Waals surface area contributed by atoms with Gasteiger partial charge in [0.25, 0.3) is 0 Å². The van der Waals surface area contributed by atoms with E-state index in [1.807, 2.05) is 0 Å². The van der Waals surface area contributed by atoms with Crippen molar-refractivity contribution >= 4 is 5.97 Å². The fraction of sp³-hybridized carbons (Fsp3) is 0.923. The average Bonchev–Trinajstić information content (AvgIpc) is 3.05. The maximum absolute atomic E-state index is 11.7. The van der Waals surface area contributed by atoms with Crippen LogP contribution in [0.2, 0.25) is 0 Å². The van der Waals surface area contributed by atoms with E-state index < -0.39 is 11.5 Å². The lowest BCUT2D eigenvalue weighted by molar-refractivity contribution is -0.153. The van der Waals surface area contributed by atoms with Gasteiger partial charge in [0.05, 0.1) is 0 Å². The number of carboxylic acids is 1. The molecule has 16 heavy (non-hydrogen) atoms. The van der Waals surface area contributed by atoms with Crippen molar-refractivity contribution in [3.63, 3.8) is 0 Å². The minimum atomic E-state index is -0.580. The van der Waals surface area contributed by atoms with Crippen LogP contribution in [-0.2, 0) is 4.79 Å². The number of rotatable bonds is 4. The summed E-state index contributed by atoms with van der Waals surface area (Å²) in [6, 6.07) is 0.555. The Hall–Kier alpha value is -0.570. The molecular weight excluding hydrogens is 202 g/mol. The SMILES string of the molecule is CCN(C1CC1)C1(C(=O)O)CCCCCC1. The number of hydrogen-bond acceptors (Lipinski definition) is 2. The van der Waals surface area contributed by atoms with Crippen molar-refractivity contribution < 1.29 is 9.90 Å². The molecule has 2 aliphatic rings. The molecule has 0 bridgehead atoms. The van der Waals surface area contributed by atoms with Crippen molar-refractivity contribution in [2.24, 2.45) is 0 Å². The molecular formula is C13H23NO2. The first kappa shape index (κ1) is 11.9. The van der Waals surface area contributed by atoms with Crippen LogP contribution in [0.1, 0.15) is 58.3 Å². The molecule has 1 N–H and O–H groups in total. The van der Waals surface area contributed by atoms with E-state index in [1.54, 1.807) is 0 Å². The second kappa shape index (κ2) is 4.74. The van der Waals surface area contributed by atoms with E-state index in [4.69, 9.17) is 0 Å². The predicted molar refractivity (Wildman–Crippen MR) is 63.5 cm³/mol. The maximum Gasteiger partial charge on any atom is 0.324 e. The van der Waals surface area contributed by atoms with Crippen LogP contribution < -0.4 is 0 Å². The molecule has 0 aromatic carbocycles. The zero-order valence-electron chi connectivity index (χ0n) is 10.2. The Kier molecular flexibility index (Phi) is 3.53. The molecule has 92 valence electrons. The van der Waals surface area contributed by atoms with Gasteiger partial charge in [-0.2, -0.15) is 0 Å². The van der Waals surface area contributed by atoms with Crippen LogP contribution in [0.5, 0.6) is 0 Å². The van der Waals surface area contributed by atoms with E-state index in [0.717, 1.165) is 32.2 Å². The van der Waals surface area contributed by atoms with Gasteiger partial charge in [-0.05, 0) is 32.2 Å². The molecule has 0 saturated heterocycles. The fourth-order valence-corrected chi connectivity index (χ4v) is 3.23. The van der Waals surface area contributed by atoms with E-state index >= 15 is 0 Å². The first-order valence-corrected chi connectivity index (χ1v) is 6.71. The Morgan fingerprint density at radius 3 is 2.19 bits per heavy atom. The molecule has 0 unspecified atom stereocenters. The zero-order valence-corrected chi connectivity index (χ0v) is 10.2. The van der Waals surface area contributed by atoms with Gasteiger partial charge in [0.15, 0.2) is 0 Å². The Balaban J connectivity index is 2.20. The largest absolute Gasteiger partial charge is 0.480 e. The lowest BCUT2D eigenvalue weighted by Crippen LogP contribution is -2.55. The summed E-state index contributed by atoms with van der Waals surface area (Å²) in [5.74, 6) is -0.580. The predicted octanol–water partition coefficient (Wildman–Crippen LogP) is 2.65. The molecule has 2 fully saturated rings. The van der Waals surface area contributed by atoms with Crippen LogP contribution in [0.3, 0.4) is 0 Å². The lowest BCUT2D eigenvalue weighted by atomic mass is 9.88. The molecule has 0 heterocycles. The third-order valence-electron chi connectivity index (χ3n) is 4.21. The highest BCUT2D eigenvalue weighted by atomic mass is 16.4. The molecule has 3 heteroatoms. The molecule has 0 aliphatic heterocycles. The summed E-state index contributed by atoms with van der Waals surface area (Å²) in [7, 11) is 0. The molecule has 2 saturated carbocycles. The number of aliphatic carboxylic acids is 1. The third-order valence-corrected chi connectivity index (χ3v) is 4.21. The van der Waals surface area contributed by atoms with E-state index in [-0.39, 0.29) is 0 Å². The van der Waals surface area contributed by atoms with Gasteiger partial charge < -0.3 is 5.11 Å². The molecule has 0 spiro atoms. The van der Waals surface area contributed by atoms with Crippen molar-refractivity contribution in [1.82, 2.24) is 4.90 Å². The van der Waals surface area contributed by atoms with Crippen molar-refractivity contribution in [2.45, 2.75) is 69.9 Å². The van der Waals surface area contributed by atoms with E-state index in [9.17, 15) is 9.90 Å². The highest BCUT2D eigenvalue weighted by molar-refractivity contribution is 5.79. The molecule has 0 atom stereocenters. The number of hydrogen-bond donors (Lipinski definition) is 1. The van der Waals surface area contributed by atoms with Gasteiger partial charge in [0.1, 0.15) is 5.54 Å². The van der Waals surface area contributed by atoms with Crippen molar-refractivity contribution in [3.05, 3.63) is 0 Å². The van der Waals surface area contributed by atoms with Crippen LogP contribution >= 0.6 is 0 Å². The first-order valence-electron chi connectivity index (χ1n) is 6.71. The number of likely N-dealkylation sites (N-methyl/N-ethyl adjacent to an activating group) is 1. The quantitative estimate of drug-likeness (QED) is 0.748. The van der Waals surface area contributed by atoms with E-state index in [0.29, 0.717) is 6.04 Å². The highest BCUT2D eigenvalue weighted by Gasteiger charge is 2.48. The standard InChI is InChI=1S/C13H23NO2/c1-2-14(11-7-8-11)13(12(15)16)9-5-3-4-6-10-13/h11H,2-10H2,1H3,(H,15,16). The van der Waals surface area contributed by atoms with Gasteiger partial charge in [-0.3, -0.25) is 9.69 Å². The summed E-state index contributed by atoms with van der Waals surface area (Å²) >= 11 is 0. The Labute approximate surface area is 97.8 Å². The van der Waals surface area contributed by atoms with Crippen molar-refractivity contribution in [3.8, 4) is 0 Å². The molecule has 0 amide bonds. The van der Waals surface area contributed by atoms with Crippen LogP contribution in [-0.4, -0.2) is 34.1 Å². The molecule has 2 rings (SSSR count). The summed E-state index contributed by atoms with van der Waals surface area (Å²) in [6.45, 7) is 2.99. The lowest BCUT2D eigenvalue weighted by Gasteiger charge is -2.40. The van der Waals surface area contributed by atoms with Crippen LogP contribution in [0.4, 0.5) is 0 Å². The normalized spacial score (nSPS) is 25.4. The fourth-order valence-electron chi connectivity index (χ4n) is 3.23. The van der Waals surface area contributed by atoms with Crippen LogP contribution in [0.15, 0.2) is 0 Å². The minimum absolute atomic E-state index is 0.535. The van der Waals surface area contributed by atoms with Gasteiger partial charge in [-0.1, -0.05) is 32.6 Å². The smallest absolute Gasteiger partial charge is 0.324 e. The summed E-state index contributed by atoms with van der Waals surface area (Å²) < 4.78 is 0. The number of carboxylic acid groups (broad SMARTS) is 1. The van der Waals surface area contributed by atoms with Crippen molar-refractivity contribution in [2.75, 3.05) is 6.54 Å². The van der Waals surface area contributed by atoms with Crippen LogP contribution in [0, 0.1) is 0 Å². The van der Waals surface area contributed by atoms with Gasteiger partial charge in [0, 0.05) is 6.04 Å². The second-order valence-corrected chi connectivity index (χ2v) is 5.27. The summed E-state index contributed by atoms with van der Waals surface area (Å²) in [6.07, 6.45) is 8.67. The number of nitrogens with zero attached hydrogens (tertiary/aromatic N) is 1. The molecule has 2 aliphatic carbocycles. The first-order chi connectivity index (χ1) is 7.70. The number of carbonyl (C=O) groups is 1. The summed E-state index contributed by atoms with van der Waals surface area (Å²) in [4.78, 5) is 14.0. The monoisotopic (exact) mass is 225 g/mol. The zero-order chi connectivity index (χ0) is 11.6. The average molecular weight is 225 g/mol. The van der Waals surface area contributed by atoms with Crippen molar-refractivity contribution in [1.29, 1.82) is 0 Å². The summed E-state index contributed by atoms with van der Waals surface area (Å²) in [5, 5.41) is 9.65. The molecule has 3 nitrogen and oxygen atoms in total. The van der Waals surface area contributed by atoms with Gasteiger partial charge in [-0.15, -0.1) is 0 Å². The molecule has 0 aromatic heterocycles. The second-order valence-electron chi connectivity index (χ2n) is 5.27. The highest BCUT2D eigenvalue weighted by Crippen LogP contribution is 2.40. The Morgan fingerprint density at radius 1 is 1.25 bits per heavy atom. The van der Waals surface area contributed by atoms with Gasteiger partial charge in [-0.25, -0.2) is 0 Å². The molecule has 0 radical (unpaired) electrons. The topological polar surface area (TPSA) is 40.5 Å². The van der Waals surface area contributed by atoms with Crippen LogP contribution in [0.25, 0.3) is 0 Å².